The molecule has 0 heterocycles. The van der Waals surface area contributed by atoms with Crippen molar-refractivity contribution in [1.29, 1.82) is 0 Å². The molecule has 0 bridgehead atoms. The zero-order valence-corrected chi connectivity index (χ0v) is 8.13. The second-order valence-electron chi connectivity index (χ2n) is 3.24. The SMILES string of the molecule is C/C=C(/O)N(C(C)C)C(C)C. The fourth-order valence-electron chi connectivity index (χ4n) is 1.27. The standard InChI is InChI=1S/C9H19NO/c1-6-9(11)10(7(2)3)8(4)5/h6-8,11H,1-5H3/b9-6+. The molecule has 0 atom stereocenters. The highest BCUT2D eigenvalue weighted by Gasteiger charge is 2.14. The third-order valence-corrected chi connectivity index (χ3v) is 1.64. The van der Waals surface area contributed by atoms with Crippen LogP contribution in [0.5, 0.6) is 0 Å². The van der Waals surface area contributed by atoms with Crippen molar-refractivity contribution in [3.63, 3.8) is 0 Å². The number of allylic oxidation sites excluding steroid dienone is 1. The second kappa shape index (κ2) is 4.27. The van der Waals surface area contributed by atoms with Gasteiger partial charge < -0.3 is 10.0 Å². The molecule has 0 aromatic heterocycles. The van der Waals surface area contributed by atoms with Gasteiger partial charge in [-0.25, -0.2) is 0 Å². The highest BCUT2D eigenvalue weighted by molar-refractivity contribution is 4.91. The van der Waals surface area contributed by atoms with E-state index in [-0.39, 0.29) is 0 Å². The van der Waals surface area contributed by atoms with Crippen LogP contribution >= 0.6 is 0 Å². The Labute approximate surface area is 69.5 Å². The van der Waals surface area contributed by atoms with Crippen molar-refractivity contribution in [3.8, 4) is 0 Å². The van der Waals surface area contributed by atoms with E-state index in [2.05, 4.69) is 27.7 Å². The molecule has 0 saturated carbocycles. The molecule has 11 heavy (non-hydrogen) atoms. The fourth-order valence-corrected chi connectivity index (χ4v) is 1.27. The molecule has 0 aromatic carbocycles. The van der Waals surface area contributed by atoms with Gasteiger partial charge in [-0.1, -0.05) is 0 Å². The fraction of sp³-hybridized carbons (Fsp3) is 0.778. The minimum Gasteiger partial charge on any atom is -0.495 e. The van der Waals surface area contributed by atoms with Crippen molar-refractivity contribution >= 4 is 0 Å². The van der Waals surface area contributed by atoms with Crippen LogP contribution in [0.3, 0.4) is 0 Å². The number of rotatable bonds is 3. The average molecular weight is 157 g/mol. The van der Waals surface area contributed by atoms with Crippen molar-refractivity contribution in [3.05, 3.63) is 12.0 Å². The Bertz CT molecular complexity index is 130. The van der Waals surface area contributed by atoms with E-state index < -0.39 is 0 Å². The molecule has 0 aliphatic carbocycles. The van der Waals surface area contributed by atoms with Crippen molar-refractivity contribution in [1.82, 2.24) is 4.90 Å². The Morgan fingerprint density at radius 2 is 1.55 bits per heavy atom. The average Bonchev–Trinajstić information content (AvgIpc) is 1.85. The van der Waals surface area contributed by atoms with Crippen LogP contribution in [0, 0.1) is 0 Å². The number of hydrogen-bond donors (Lipinski definition) is 1. The van der Waals surface area contributed by atoms with E-state index in [1.165, 1.54) is 0 Å². The minimum absolute atomic E-state index is 0.353. The first kappa shape index (κ1) is 10.3. The predicted molar refractivity (Wildman–Crippen MR) is 48.5 cm³/mol. The smallest absolute Gasteiger partial charge is 0.182 e. The molecular weight excluding hydrogens is 138 g/mol. The number of aliphatic hydroxyl groups is 1. The van der Waals surface area contributed by atoms with Gasteiger partial charge in [0.05, 0.1) is 0 Å². The van der Waals surface area contributed by atoms with Crippen LogP contribution in [0.4, 0.5) is 0 Å². The van der Waals surface area contributed by atoms with Crippen LogP contribution in [-0.2, 0) is 0 Å². The molecule has 0 fully saturated rings. The van der Waals surface area contributed by atoms with Crippen molar-refractivity contribution < 1.29 is 5.11 Å². The van der Waals surface area contributed by atoms with E-state index >= 15 is 0 Å². The lowest BCUT2D eigenvalue weighted by Gasteiger charge is -2.31. The monoisotopic (exact) mass is 157 g/mol. The Morgan fingerprint density at radius 1 is 1.18 bits per heavy atom. The van der Waals surface area contributed by atoms with Crippen LogP contribution in [0.15, 0.2) is 12.0 Å². The van der Waals surface area contributed by atoms with E-state index in [0.717, 1.165) is 0 Å². The maximum Gasteiger partial charge on any atom is 0.182 e. The van der Waals surface area contributed by atoms with E-state index in [0.29, 0.717) is 18.0 Å². The zero-order valence-electron chi connectivity index (χ0n) is 8.13. The molecule has 1 N–H and O–H groups in total. The lowest BCUT2D eigenvalue weighted by molar-refractivity contribution is 0.134. The van der Waals surface area contributed by atoms with Crippen LogP contribution in [0.1, 0.15) is 34.6 Å². The van der Waals surface area contributed by atoms with Gasteiger partial charge in [-0.15, -0.1) is 0 Å². The molecule has 0 aliphatic rings. The van der Waals surface area contributed by atoms with Gasteiger partial charge in [0.1, 0.15) is 0 Å². The zero-order chi connectivity index (χ0) is 9.02. The normalized spacial score (nSPS) is 12.8. The second-order valence-corrected chi connectivity index (χ2v) is 3.24. The molecular formula is C9H19NO. The Kier molecular flexibility index (Phi) is 4.01. The van der Waals surface area contributed by atoms with Crippen LogP contribution in [0.2, 0.25) is 0 Å². The molecule has 66 valence electrons. The molecule has 0 unspecified atom stereocenters. The maximum absolute atomic E-state index is 9.45. The van der Waals surface area contributed by atoms with Crippen molar-refractivity contribution in [2.75, 3.05) is 0 Å². The maximum atomic E-state index is 9.45. The summed E-state index contributed by atoms with van der Waals surface area (Å²) in [6.07, 6.45) is 1.72. The Balaban J connectivity index is 4.35. The number of nitrogens with zero attached hydrogens (tertiary/aromatic N) is 1. The lowest BCUT2D eigenvalue weighted by Crippen LogP contribution is -2.36. The first-order chi connectivity index (χ1) is 5.00. The third kappa shape index (κ3) is 2.83. The van der Waals surface area contributed by atoms with Gasteiger partial charge in [0, 0.05) is 12.1 Å². The predicted octanol–water partition coefficient (Wildman–Crippen LogP) is 2.52. The topological polar surface area (TPSA) is 23.5 Å². The molecule has 2 heteroatoms. The molecule has 0 aliphatic heterocycles. The van der Waals surface area contributed by atoms with Gasteiger partial charge in [0.15, 0.2) is 5.88 Å². The van der Waals surface area contributed by atoms with Crippen molar-refractivity contribution in [2.45, 2.75) is 46.7 Å². The first-order valence-corrected chi connectivity index (χ1v) is 4.14. The Morgan fingerprint density at radius 3 is 1.64 bits per heavy atom. The highest BCUT2D eigenvalue weighted by atomic mass is 16.3. The first-order valence-electron chi connectivity index (χ1n) is 4.14. The van der Waals surface area contributed by atoms with Gasteiger partial charge in [0.25, 0.3) is 0 Å². The van der Waals surface area contributed by atoms with Crippen LogP contribution in [0.25, 0.3) is 0 Å². The van der Waals surface area contributed by atoms with Gasteiger partial charge in [-0.2, -0.15) is 0 Å². The van der Waals surface area contributed by atoms with Crippen LogP contribution in [-0.4, -0.2) is 22.1 Å². The number of aliphatic hydroxyl groups excluding tert-OH is 1. The molecule has 0 aromatic rings. The summed E-state index contributed by atoms with van der Waals surface area (Å²) >= 11 is 0. The summed E-state index contributed by atoms with van der Waals surface area (Å²) in [4.78, 5) is 1.97. The minimum atomic E-state index is 0.353. The molecule has 0 rings (SSSR count). The van der Waals surface area contributed by atoms with E-state index in [1.54, 1.807) is 6.08 Å². The largest absolute Gasteiger partial charge is 0.495 e. The quantitative estimate of drug-likeness (QED) is 0.636. The molecule has 0 spiro atoms. The molecule has 2 nitrogen and oxygen atoms in total. The van der Waals surface area contributed by atoms with E-state index in [9.17, 15) is 5.11 Å². The lowest BCUT2D eigenvalue weighted by atomic mass is 10.2. The summed E-state index contributed by atoms with van der Waals surface area (Å²) in [5.74, 6) is 0.370. The van der Waals surface area contributed by atoms with Gasteiger partial charge in [-0.05, 0) is 40.7 Å². The van der Waals surface area contributed by atoms with Crippen molar-refractivity contribution in [2.24, 2.45) is 0 Å². The third-order valence-electron chi connectivity index (χ3n) is 1.64. The summed E-state index contributed by atoms with van der Waals surface area (Å²) in [5, 5.41) is 9.45. The summed E-state index contributed by atoms with van der Waals surface area (Å²) < 4.78 is 0. The van der Waals surface area contributed by atoms with Crippen LogP contribution < -0.4 is 0 Å². The molecule has 0 saturated heterocycles. The molecule has 0 radical (unpaired) electrons. The summed E-state index contributed by atoms with van der Waals surface area (Å²) in [5.41, 5.74) is 0. The van der Waals surface area contributed by atoms with Gasteiger partial charge in [0.2, 0.25) is 0 Å². The number of hydrogen-bond acceptors (Lipinski definition) is 2. The summed E-state index contributed by atoms with van der Waals surface area (Å²) in [6.45, 7) is 10.1. The Hall–Kier alpha value is -0.660. The van der Waals surface area contributed by atoms with E-state index in [1.807, 2.05) is 11.8 Å². The van der Waals surface area contributed by atoms with Gasteiger partial charge >= 0.3 is 0 Å². The molecule has 0 amide bonds. The van der Waals surface area contributed by atoms with Gasteiger partial charge in [-0.3, -0.25) is 0 Å². The highest BCUT2D eigenvalue weighted by Crippen LogP contribution is 2.10. The van der Waals surface area contributed by atoms with E-state index in [4.69, 9.17) is 0 Å². The summed E-state index contributed by atoms with van der Waals surface area (Å²) in [7, 11) is 0. The summed E-state index contributed by atoms with van der Waals surface area (Å²) in [6, 6.07) is 0.706.